The minimum Gasteiger partial charge on any atom is -0.381 e. The first-order valence-electron chi connectivity index (χ1n) is 7.50. The van der Waals surface area contributed by atoms with E-state index in [1.165, 1.54) is 0 Å². The van der Waals surface area contributed by atoms with Crippen molar-refractivity contribution < 1.29 is 4.74 Å². The van der Waals surface area contributed by atoms with Crippen molar-refractivity contribution in [3.05, 3.63) is 28.2 Å². The van der Waals surface area contributed by atoms with Crippen molar-refractivity contribution in [1.29, 1.82) is 0 Å². The first-order valence-corrected chi connectivity index (χ1v) is 7.50. The molecule has 2 aromatic heterocycles. The molecule has 2 fully saturated rings. The zero-order chi connectivity index (χ0) is 14.4. The third-order valence-corrected chi connectivity index (χ3v) is 4.61. The van der Waals surface area contributed by atoms with Crippen LogP contribution in [-0.2, 0) is 4.74 Å². The monoisotopic (exact) mass is 289 g/mol. The summed E-state index contributed by atoms with van der Waals surface area (Å²) in [5, 5.41) is 8.02. The molecule has 2 saturated heterocycles. The van der Waals surface area contributed by atoms with E-state index in [0.717, 1.165) is 37.8 Å². The van der Waals surface area contributed by atoms with E-state index in [1.54, 1.807) is 10.7 Å². The molecule has 0 aromatic carbocycles. The quantitative estimate of drug-likeness (QED) is 0.827. The molecule has 0 aliphatic carbocycles. The van der Waals surface area contributed by atoms with E-state index in [4.69, 9.17) is 4.74 Å². The minimum absolute atomic E-state index is 0.114. The highest BCUT2D eigenvalue weighted by molar-refractivity contribution is 5.42. The Morgan fingerprint density at radius 3 is 3.05 bits per heavy atom. The first-order chi connectivity index (χ1) is 10.2. The molecule has 0 amide bonds. The van der Waals surface area contributed by atoms with E-state index in [-0.39, 0.29) is 17.4 Å². The van der Waals surface area contributed by atoms with Crippen LogP contribution in [0, 0.1) is 5.92 Å². The second kappa shape index (κ2) is 4.92. The van der Waals surface area contributed by atoms with Crippen molar-refractivity contribution in [2.45, 2.75) is 25.2 Å². The molecule has 3 atom stereocenters. The smallest absolute Gasteiger partial charge is 0.276 e. The van der Waals surface area contributed by atoms with Gasteiger partial charge in [-0.25, -0.2) is 9.50 Å². The lowest BCUT2D eigenvalue weighted by Crippen LogP contribution is -2.22. The molecule has 2 aliphatic heterocycles. The first kappa shape index (κ1) is 13.0. The van der Waals surface area contributed by atoms with Crippen molar-refractivity contribution >= 4 is 5.52 Å². The fraction of sp³-hybridized carbons (Fsp3) is 0.643. The van der Waals surface area contributed by atoms with E-state index < -0.39 is 0 Å². The minimum atomic E-state index is -0.114. The summed E-state index contributed by atoms with van der Waals surface area (Å²) < 4.78 is 7.15. The standard InChI is InChI=1S/C14H19N5O2/c1-8-4-15-5-10(8)12-17-14(20)11-6-16-13(19(11)18-12)9-2-3-21-7-9/h6,8-10,15H,2-5,7H2,1H3,(H,17,18,20). The highest BCUT2D eigenvalue weighted by atomic mass is 16.5. The van der Waals surface area contributed by atoms with Crippen LogP contribution >= 0.6 is 0 Å². The van der Waals surface area contributed by atoms with Gasteiger partial charge in [0.25, 0.3) is 5.56 Å². The van der Waals surface area contributed by atoms with Crippen LogP contribution in [0.5, 0.6) is 0 Å². The topological polar surface area (TPSA) is 84.3 Å². The van der Waals surface area contributed by atoms with Gasteiger partial charge in [-0.2, -0.15) is 5.10 Å². The summed E-state index contributed by atoms with van der Waals surface area (Å²) in [6, 6.07) is 0. The number of hydrogen-bond donors (Lipinski definition) is 2. The highest BCUT2D eigenvalue weighted by Gasteiger charge is 2.29. The number of aromatic nitrogens is 4. The molecule has 0 bridgehead atoms. The maximum Gasteiger partial charge on any atom is 0.276 e. The number of nitrogens with one attached hydrogen (secondary N) is 2. The van der Waals surface area contributed by atoms with Crippen LogP contribution in [0.4, 0.5) is 0 Å². The van der Waals surface area contributed by atoms with E-state index in [9.17, 15) is 4.79 Å². The molecule has 2 N–H and O–H groups in total. The Morgan fingerprint density at radius 1 is 1.43 bits per heavy atom. The van der Waals surface area contributed by atoms with Crippen molar-refractivity contribution in [3.8, 4) is 0 Å². The van der Waals surface area contributed by atoms with Crippen LogP contribution < -0.4 is 10.9 Å². The molecule has 2 aromatic rings. The lowest BCUT2D eigenvalue weighted by Gasteiger charge is -2.14. The van der Waals surface area contributed by atoms with Gasteiger partial charge in [-0.3, -0.25) is 4.79 Å². The second-order valence-electron chi connectivity index (χ2n) is 6.06. The zero-order valence-electron chi connectivity index (χ0n) is 12.0. The molecule has 112 valence electrons. The Bertz CT molecular complexity index is 716. The molecule has 21 heavy (non-hydrogen) atoms. The Balaban J connectivity index is 1.83. The molecular formula is C14H19N5O2. The number of aromatic amines is 1. The maximum absolute atomic E-state index is 12.3. The zero-order valence-corrected chi connectivity index (χ0v) is 12.0. The number of H-pyrrole nitrogens is 1. The molecular weight excluding hydrogens is 270 g/mol. The number of fused-ring (bicyclic) bond motifs is 1. The van der Waals surface area contributed by atoms with Gasteiger partial charge in [-0.05, 0) is 18.9 Å². The van der Waals surface area contributed by atoms with E-state index >= 15 is 0 Å². The molecule has 0 radical (unpaired) electrons. The largest absolute Gasteiger partial charge is 0.381 e. The van der Waals surface area contributed by atoms with Gasteiger partial charge in [0.15, 0.2) is 5.52 Å². The average Bonchev–Trinajstić information content (AvgIpc) is 3.16. The molecule has 7 nitrogen and oxygen atoms in total. The molecule has 0 spiro atoms. The summed E-state index contributed by atoms with van der Waals surface area (Å²) in [7, 11) is 0. The SMILES string of the molecule is CC1CNCC1c1nn2c(C3CCOC3)ncc2c(=O)[nH]1. The number of rotatable bonds is 2. The van der Waals surface area contributed by atoms with Gasteiger partial charge >= 0.3 is 0 Å². The van der Waals surface area contributed by atoms with Gasteiger partial charge in [0.2, 0.25) is 0 Å². The second-order valence-corrected chi connectivity index (χ2v) is 6.06. The Kier molecular flexibility index (Phi) is 3.04. The van der Waals surface area contributed by atoms with Crippen molar-refractivity contribution in [1.82, 2.24) is 24.9 Å². The summed E-state index contributed by atoms with van der Waals surface area (Å²) in [4.78, 5) is 19.6. The predicted molar refractivity (Wildman–Crippen MR) is 76.6 cm³/mol. The van der Waals surface area contributed by atoms with E-state index in [2.05, 4.69) is 27.3 Å². The van der Waals surface area contributed by atoms with Crippen LogP contribution in [0.3, 0.4) is 0 Å². The highest BCUT2D eigenvalue weighted by Crippen LogP contribution is 2.26. The molecule has 7 heteroatoms. The fourth-order valence-electron chi connectivity index (χ4n) is 3.29. The average molecular weight is 289 g/mol. The van der Waals surface area contributed by atoms with Gasteiger partial charge in [-0.15, -0.1) is 0 Å². The Hall–Kier alpha value is -1.73. The van der Waals surface area contributed by atoms with Crippen molar-refractivity contribution in [2.24, 2.45) is 5.92 Å². The third-order valence-electron chi connectivity index (χ3n) is 4.61. The lowest BCUT2D eigenvalue weighted by atomic mass is 9.97. The summed E-state index contributed by atoms with van der Waals surface area (Å²) in [5.74, 6) is 2.54. The molecule has 2 aliphatic rings. The van der Waals surface area contributed by atoms with Gasteiger partial charge in [0.1, 0.15) is 11.6 Å². The van der Waals surface area contributed by atoms with Gasteiger partial charge in [-0.1, -0.05) is 6.92 Å². The van der Waals surface area contributed by atoms with Crippen molar-refractivity contribution in [2.75, 3.05) is 26.3 Å². The van der Waals surface area contributed by atoms with Gasteiger partial charge in [0.05, 0.1) is 12.8 Å². The van der Waals surface area contributed by atoms with Crippen LogP contribution in [0.15, 0.2) is 11.0 Å². The normalized spacial score (nSPS) is 29.5. The molecule has 4 heterocycles. The molecule has 3 unspecified atom stereocenters. The predicted octanol–water partition coefficient (Wildman–Crippen LogP) is 0.244. The number of nitrogens with zero attached hydrogens (tertiary/aromatic N) is 3. The van der Waals surface area contributed by atoms with Crippen molar-refractivity contribution in [3.63, 3.8) is 0 Å². The number of ether oxygens (including phenoxy) is 1. The summed E-state index contributed by atoms with van der Waals surface area (Å²) in [6.07, 6.45) is 2.55. The Labute approximate surface area is 121 Å². The van der Waals surface area contributed by atoms with E-state index in [0.29, 0.717) is 18.0 Å². The van der Waals surface area contributed by atoms with Crippen LogP contribution in [0.1, 0.15) is 36.8 Å². The maximum atomic E-state index is 12.3. The molecule has 0 saturated carbocycles. The van der Waals surface area contributed by atoms with Crippen LogP contribution in [0.2, 0.25) is 0 Å². The number of imidazole rings is 1. The number of hydrogen-bond acceptors (Lipinski definition) is 5. The van der Waals surface area contributed by atoms with E-state index in [1.807, 2.05) is 0 Å². The summed E-state index contributed by atoms with van der Waals surface area (Å²) in [6.45, 7) is 5.39. The Morgan fingerprint density at radius 2 is 2.33 bits per heavy atom. The van der Waals surface area contributed by atoms with Gasteiger partial charge in [0, 0.05) is 25.0 Å². The molecule has 4 rings (SSSR count). The third kappa shape index (κ3) is 2.08. The summed E-state index contributed by atoms with van der Waals surface area (Å²) >= 11 is 0. The van der Waals surface area contributed by atoms with Crippen LogP contribution in [-0.4, -0.2) is 45.9 Å². The fourth-order valence-corrected chi connectivity index (χ4v) is 3.29. The lowest BCUT2D eigenvalue weighted by molar-refractivity contribution is 0.193. The van der Waals surface area contributed by atoms with Gasteiger partial charge < -0.3 is 15.0 Å². The van der Waals surface area contributed by atoms with Crippen LogP contribution in [0.25, 0.3) is 5.52 Å². The summed E-state index contributed by atoms with van der Waals surface area (Å²) in [5.41, 5.74) is 0.399.